The molecular weight excluding hydrogens is 334 g/mol. The second kappa shape index (κ2) is 9.42. The summed E-state index contributed by atoms with van der Waals surface area (Å²) in [4.78, 5) is 20.6. The van der Waals surface area contributed by atoms with Gasteiger partial charge in [0.2, 0.25) is 5.91 Å². The third-order valence-electron chi connectivity index (χ3n) is 4.19. The van der Waals surface area contributed by atoms with Crippen molar-refractivity contribution in [3.63, 3.8) is 0 Å². The van der Waals surface area contributed by atoms with Crippen LogP contribution >= 0.6 is 11.8 Å². The molecule has 1 heterocycles. The van der Waals surface area contributed by atoms with Crippen LogP contribution in [0.2, 0.25) is 0 Å². The Morgan fingerprint density at radius 1 is 1.08 bits per heavy atom. The van der Waals surface area contributed by atoms with E-state index in [1.807, 2.05) is 36.4 Å². The molecule has 25 heavy (non-hydrogen) atoms. The van der Waals surface area contributed by atoms with Crippen LogP contribution in [0.3, 0.4) is 0 Å². The van der Waals surface area contributed by atoms with E-state index in [2.05, 4.69) is 15.3 Å². The van der Waals surface area contributed by atoms with E-state index in [9.17, 15) is 4.79 Å². The van der Waals surface area contributed by atoms with Crippen molar-refractivity contribution >= 4 is 17.7 Å². The highest BCUT2D eigenvalue weighted by atomic mass is 32.2. The van der Waals surface area contributed by atoms with E-state index in [4.69, 9.17) is 4.74 Å². The largest absolute Gasteiger partial charge is 0.493 e. The minimum Gasteiger partial charge on any atom is -0.493 e. The zero-order chi connectivity index (χ0) is 17.3. The number of nitrogens with one attached hydrogen (secondary N) is 1. The smallest absolute Gasteiger partial charge is 0.223 e. The molecule has 3 rings (SSSR count). The van der Waals surface area contributed by atoms with Gasteiger partial charge in [0.15, 0.2) is 5.16 Å². The fourth-order valence-corrected chi connectivity index (χ4v) is 3.95. The van der Waals surface area contributed by atoms with E-state index in [0.717, 1.165) is 36.6 Å². The molecule has 0 radical (unpaired) electrons. The number of aromatic nitrogens is 2. The van der Waals surface area contributed by atoms with Crippen molar-refractivity contribution in [3.8, 4) is 5.75 Å². The third kappa shape index (κ3) is 6.05. The highest BCUT2D eigenvalue weighted by Crippen LogP contribution is 2.31. The number of benzene rings is 1. The van der Waals surface area contributed by atoms with Crippen molar-refractivity contribution in [1.29, 1.82) is 0 Å². The van der Waals surface area contributed by atoms with Crippen molar-refractivity contribution in [2.75, 3.05) is 6.61 Å². The molecule has 0 unspecified atom stereocenters. The average Bonchev–Trinajstić information content (AvgIpc) is 2.65. The highest BCUT2D eigenvalue weighted by molar-refractivity contribution is 7.99. The second-order valence-corrected chi connectivity index (χ2v) is 7.37. The van der Waals surface area contributed by atoms with Crippen LogP contribution in [-0.4, -0.2) is 33.8 Å². The lowest BCUT2D eigenvalue weighted by atomic mass is 9.95. The number of rotatable bonds is 7. The molecule has 1 aromatic heterocycles. The van der Waals surface area contributed by atoms with Crippen LogP contribution in [0, 0.1) is 0 Å². The van der Waals surface area contributed by atoms with Crippen molar-refractivity contribution < 1.29 is 9.53 Å². The van der Waals surface area contributed by atoms with E-state index >= 15 is 0 Å². The van der Waals surface area contributed by atoms with Crippen LogP contribution < -0.4 is 10.1 Å². The first-order valence-electron chi connectivity index (χ1n) is 8.70. The van der Waals surface area contributed by atoms with Gasteiger partial charge in [0.25, 0.3) is 0 Å². The molecule has 5 nitrogen and oxygen atoms in total. The Hall–Kier alpha value is -2.08. The number of carbonyl (C=O) groups is 1. The Morgan fingerprint density at radius 3 is 2.52 bits per heavy atom. The maximum atomic E-state index is 12.1. The molecule has 1 aliphatic carbocycles. The molecule has 1 amide bonds. The van der Waals surface area contributed by atoms with Gasteiger partial charge in [-0.05, 0) is 43.9 Å². The maximum Gasteiger partial charge on any atom is 0.223 e. The number of nitrogens with zero attached hydrogens (tertiary/aromatic N) is 2. The molecule has 1 saturated carbocycles. The molecule has 0 bridgehead atoms. The minimum absolute atomic E-state index is 0.0680. The van der Waals surface area contributed by atoms with Gasteiger partial charge in [-0.25, -0.2) is 9.97 Å². The third-order valence-corrected chi connectivity index (χ3v) is 5.42. The maximum absolute atomic E-state index is 12.1. The van der Waals surface area contributed by atoms with Gasteiger partial charge in [0.1, 0.15) is 5.75 Å². The number of para-hydroxylation sites is 1. The van der Waals surface area contributed by atoms with Crippen LogP contribution in [0.5, 0.6) is 5.75 Å². The first-order valence-corrected chi connectivity index (χ1v) is 9.58. The number of amides is 1. The predicted molar refractivity (Wildman–Crippen MR) is 98.6 cm³/mol. The second-order valence-electron chi connectivity index (χ2n) is 6.10. The molecule has 1 fully saturated rings. The number of hydrogen-bond donors (Lipinski definition) is 1. The SMILES string of the molecule is O=C(CCOc1ccccc1)NC1CCC(Sc2ncccn2)CC1. The van der Waals surface area contributed by atoms with Gasteiger partial charge in [-0.2, -0.15) is 0 Å². The lowest BCUT2D eigenvalue weighted by molar-refractivity contribution is -0.122. The van der Waals surface area contributed by atoms with Gasteiger partial charge in [-0.1, -0.05) is 30.0 Å². The molecule has 0 spiro atoms. The monoisotopic (exact) mass is 357 g/mol. The minimum atomic E-state index is 0.0680. The molecule has 0 saturated heterocycles. The normalized spacial score (nSPS) is 20.0. The summed E-state index contributed by atoms with van der Waals surface area (Å²) in [6.07, 6.45) is 8.12. The van der Waals surface area contributed by atoms with Crippen LogP contribution in [0.1, 0.15) is 32.1 Å². The lowest BCUT2D eigenvalue weighted by Crippen LogP contribution is -2.38. The van der Waals surface area contributed by atoms with Gasteiger partial charge >= 0.3 is 0 Å². The molecule has 0 aliphatic heterocycles. The van der Waals surface area contributed by atoms with Crippen molar-refractivity contribution in [2.45, 2.75) is 48.6 Å². The Bertz CT molecular complexity index is 646. The average molecular weight is 357 g/mol. The standard InChI is InChI=1S/C19H23N3O2S/c23-18(11-14-24-16-5-2-1-3-6-16)22-15-7-9-17(10-8-15)25-19-20-12-4-13-21-19/h1-6,12-13,15,17H,7-11,14H2,(H,22,23). The zero-order valence-electron chi connectivity index (χ0n) is 14.1. The fourth-order valence-electron chi connectivity index (χ4n) is 2.90. The van der Waals surface area contributed by atoms with Crippen LogP contribution in [0.4, 0.5) is 0 Å². The van der Waals surface area contributed by atoms with Crippen LogP contribution in [0.25, 0.3) is 0 Å². The van der Waals surface area contributed by atoms with Crippen LogP contribution in [-0.2, 0) is 4.79 Å². The Morgan fingerprint density at radius 2 is 1.80 bits per heavy atom. The van der Waals surface area contributed by atoms with Gasteiger partial charge in [-0.3, -0.25) is 4.79 Å². The summed E-state index contributed by atoms with van der Waals surface area (Å²) in [5, 5.41) is 4.51. The van der Waals surface area contributed by atoms with E-state index in [1.165, 1.54) is 0 Å². The molecule has 2 aromatic rings. The quantitative estimate of drug-likeness (QED) is 0.769. The Kier molecular flexibility index (Phi) is 6.68. The first-order chi connectivity index (χ1) is 12.3. The number of hydrogen-bond acceptors (Lipinski definition) is 5. The summed E-state index contributed by atoms with van der Waals surface area (Å²) in [5.74, 6) is 0.870. The van der Waals surface area contributed by atoms with E-state index < -0.39 is 0 Å². The van der Waals surface area contributed by atoms with Gasteiger partial charge < -0.3 is 10.1 Å². The number of thioether (sulfide) groups is 1. The summed E-state index contributed by atoms with van der Waals surface area (Å²) in [5.41, 5.74) is 0. The van der Waals surface area contributed by atoms with Gasteiger partial charge in [0.05, 0.1) is 13.0 Å². The van der Waals surface area contributed by atoms with Crippen molar-refractivity contribution in [1.82, 2.24) is 15.3 Å². The van der Waals surface area contributed by atoms with Crippen molar-refractivity contribution in [2.24, 2.45) is 0 Å². The van der Waals surface area contributed by atoms with E-state index in [-0.39, 0.29) is 11.9 Å². The predicted octanol–water partition coefficient (Wildman–Crippen LogP) is 3.47. The summed E-state index contributed by atoms with van der Waals surface area (Å²) < 4.78 is 5.57. The summed E-state index contributed by atoms with van der Waals surface area (Å²) >= 11 is 1.74. The van der Waals surface area contributed by atoms with E-state index in [0.29, 0.717) is 18.3 Å². The highest BCUT2D eigenvalue weighted by Gasteiger charge is 2.23. The van der Waals surface area contributed by atoms with E-state index in [1.54, 1.807) is 24.2 Å². The Balaban J connectivity index is 1.32. The topological polar surface area (TPSA) is 64.1 Å². The summed E-state index contributed by atoms with van der Waals surface area (Å²) in [6.45, 7) is 0.409. The molecule has 1 aliphatic rings. The van der Waals surface area contributed by atoms with Crippen LogP contribution in [0.15, 0.2) is 53.9 Å². The molecule has 6 heteroatoms. The lowest BCUT2D eigenvalue weighted by Gasteiger charge is -2.28. The molecule has 1 aromatic carbocycles. The number of carbonyl (C=O) groups excluding carboxylic acids is 1. The summed E-state index contributed by atoms with van der Waals surface area (Å²) in [6, 6.07) is 11.7. The van der Waals surface area contributed by atoms with Crippen molar-refractivity contribution in [3.05, 3.63) is 48.8 Å². The van der Waals surface area contributed by atoms with Gasteiger partial charge in [0, 0.05) is 23.7 Å². The molecular formula is C19H23N3O2S. The fraction of sp³-hybridized carbons (Fsp3) is 0.421. The Labute approximate surface area is 152 Å². The zero-order valence-corrected chi connectivity index (χ0v) is 15.0. The molecule has 0 atom stereocenters. The van der Waals surface area contributed by atoms with Gasteiger partial charge in [-0.15, -0.1) is 0 Å². The number of ether oxygens (including phenoxy) is 1. The molecule has 132 valence electrons. The molecule has 1 N–H and O–H groups in total. The summed E-state index contributed by atoms with van der Waals surface area (Å²) in [7, 11) is 0. The first kappa shape index (κ1) is 17.7.